The lowest BCUT2D eigenvalue weighted by Crippen LogP contribution is -2.27. The minimum Gasteiger partial charge on any atom is -0.383 e. The summed E-state index contributed by atoms with van der Waals surface area (Å²) in [5, 5.41) is 3.50. The van der Waals surface area contributed by atoms with Crippen LogP contribution in [-0.4, -0.2) is 50.2 Å². The normalized spacial score (nSPS) is 13.4. The van der Waals surface area contributed by atoms with Gasteiger partial charge >= 0.3 is 0 Å². The highest BCUT2D eigenvalue weighted by Crippen LogP contribution is 2.41. The molecule has 4 aromatic rings. The zero-order chi connectivity index (χ0) is 24.5. The lowest BCUT2D eigenvalue weighted by atomic mass is 9.97. The van der Waals surface area contributed by atoms with Crippen molar-refractivity contribution in [2.45, 2.75) is 12.8 Å². The van der Waals surface area contributed by atoms with Crippen LogP contribution in [-0.2, 0) is 11.8 Å². The fraction of sp³-hybridized carbons (Fsp3) is 0.231. The molecule has 1 fully saturated rings. The van der Waals surface area contributed by atoms with Crippen LogP contribution < -0.4 is 11.1 Å². The second-order valence-electron chi connectivity index (χ2n) is 8.58. The first kappa shape index (κ1) is 22.9. The number of carbonyl (C=O) groups is 2. The summed E-state index contributed by atoms with van der Waals surface area (Å²) in [6.45, 7) is 1.62. The highest BCUT2D eigenvalue weighted by Gasteiger charge is 2.23. The Hall–Kier alpha value is -3.91. The molecule has 0 atom stereocenters. The Morgan fingerprint density at radius 1 is 1.00 bits per heavy atom. The Morgan fingerprint density at radius 3 is 2.31 bits per heavy atom. The molecule has 1 saturated heterocycles. The molecule has 1 aliphatic heterocycles. The summed E-state index contributed by atoms with van der Waals surface area (Å²) in [7, 11) is 1.93. The number of halogens is 1. The molecule has 178 valence electrons. The van der Waals surface area contributed by atoms with Crippen molar-refractivity contribution in [1.29, 1.82) is 0 Å². The predicted octanol–water partition coefficient (Wildman–Crippen LogP) is 4.30. The number of hydrogen-bond donors (Lipinski definition) is 2. The SMILES string of the molecule is Cn1c(-c2ccc(NC(=O)CCl)cc2)c(-c2ccc(C(=O)N3CCCC3)cc2)c2c(N)ncnc21. The van der Waals surface area contributed by atoms with E-state index in [1.54, 1.807) is 0 Å². The zero-order valence-electron chi connectivity index (χ0n) is 19.3. The molecule has 5 rings (SSSR count). The van der Waals surface area contributed by atoms with Crippen LogP contribution in [0.15, 0.2) is 54.9 Å². The molecule has 35 heavy (non-hydrogen) atoms. The predicted molar refractivity (Wildman–Crippen MR) is 138 cm³/mol. The molecule has 0 spiro atoms. The topological polar surface area (TPSA) is 106 Å². The molecule has 0 unspecified atom stereocenters. The zero-order valence-corrected chi connectivity index (χ0v) is 20.0. The molecule has 0 bridgehead atoms. The summed E-state index contributed by atoms with van der Waals surface area (Å²) in [6.07, 6.45) is 3.56. The van der Waals surface area contributed by atoms with E-state index in [9.17, 15) is 9.59 Å². The molecular weight excluding hydrogens is 464 g/mol. The number of nitrogens with one attached hydrogen (secondary N) is 1. The molecule has 3 N–H and O–H groups in total. The van der Waals surface area contributed by atoms with E-state index in [0.29, 0.717) is 22.7 Å². The maximum atomic E-state index is 12.8. The van der Waals surface area contributed by atoms with Gasteiger partial charge in [-0.15, -0.1) is 11.6 Å². The van der Waals surface area contributed by atoms with Crippen LogP contribution in [0.2, 0.25) is 0 Å². The van der Waals surface area contributed by atoms with Gasteiger partial charge in [-0.2, -0.15) is 0 Å². The van der Waals surface area contributed by atoms with E-state index in [-0.39, 0.29) is 17.7 Å². The van der Waals surface area contributed by atoms with Gasteiger partial charge in [-0.1, -0.05) is 24.3 Å². The van der Waals surface area contributed by atoms with Crippen LogP contribution in [0, 0.1) is 0 Å². The standard InChI is InChI=1S/C26H25ClN6O2/c1-32-23(17-8-10-19(11-9-17)31-20(34)14-27)21(22-24(28)29-15-30-25(22)32)16-4-6-18(7-5-16)26(35)33-12-2-3-13-33/h4-11,15H,2-3,12-14H2,1H3,(H,31,34)(H2,28,29,30). The van der Waals surface area contributed by atoms with Crippen LogP contribution in [0.4, 0.5) is 11.5 Å². The number of aryl methyl sites for hydroxylation is 1. The molecule has 2 aromatic carbocycles. The summed E-state index contributed by atoms with van der Waals surface area (Å²) in [5.41, 5.74) is 12.0. The van der Waals surface area contributed by atoms with Crippen molar-refractivity contribution < 1.29 is 9.59 Å². The molecular formula is C26H25ClN6O2. The third-order valence-corrected chi connectivity index (χ3v) is 6.62. The largest absolute Gasteiger partial charge is 0.383 e. The number of nitrogens with zero attached hydrogens (tertiary/aromatic N) is 4. The first-order valence-corrected chi connectivity index (χ1v) is 12.0. The quantitative estimate of drug-likeness (QED) is 0.407. The van der Waals surface area contributed by atoms with Crippen LogP contribution in [0.3, 0.4) is 0 Å². The average Bonchev–Trinajstić information content (AvgIpc) is 3.52. The van der Waals surface area contributed by atoms with Crippen LogP contribution in [0.25, 0.3) is 33.4 Å². The molecule has 0 aliphatic carbocycles. The van der Waals surface area contributed by atoms with Crippen LogP contribution in [0.1, 0.15) is 23.2 Å². The highest BCUT2D eigenvalue weighted by molar-refractivity contribution is 6.29. The number of benzene rings is 2. The summed E-state index contributed by atoms with van der Waals surface area (Å²) in [6, 6.07) is 15.1. The number of fused-ring (bicyclic) bond motifs is 1. The van der Waals surface area contributed by atoms with Gasteiger partial charge in [0.2, 0.25) is 5.91 Å². The lowest BCUT2D eigenvalue weighted by Gasteiger charge is -2.15. The van der Waals surface area contributed by atoms with Crippen molar-refractivity contribution in [2.75, 3.05) is 30.0 Å². The number of likely N-dealkylation sites (tertiary alicyclic amines) is 1. The van der Waals surface area contributed by atoms with Gasteiger partial charge in [-0.3, -0.25) is 9.59 Å². The van der Waals surface area contributed by atoms with Crippen molar-refractivity contribution in [3.05, 3.63) is 60.4 Å². The van der Waals surface area contributed by atoms with E-state index >= 15 is 0 Å². The first-order valence-electron chi connectivity index (χ1n) is 11.4. The average molecular weight is 489 g/mol. The second-order valence-corrected chi connectivity index (χ2v) is 8.84. The van der Waals surface area contributed by atoms with E-state index in [2.05, 4.69) is 15.3 Å². The maximum Gasteiger partial charge on any atom is 0.253 e. The van der Waals surface area contributed by atoms with Crippen molar-refractivity contribution in [2.24, 2.45) is 7.05 Å². The van der Waals surface area contributed by atoms with Gasteiger partial charge in [-0.25, -0.2) is 9.97 Å². The van der Waals surface area contributed by atoms with Gasteiger partial charge in [0.05, 0.1) is 11.1 Å². The summed E-state index contributed by atoms with van der Waals surface area (Å²) < 4.78 is 1.98. The smallest absolute Gasteiger partial charge is 0.253 e. The maximum absolute atomic E-state index is 12.8. The van der Waals surface area contributed by atoms with E-state index in [4.69, 9.17) is 17.3 Å². The van der Waals surface area contributed by atoms with E-state index in [0.717, 1.165) is 53.7 Å². The number of rotatable bonds is 5. The fourth-order valence-electron chi connectivity index (χ4n) is 4.68. The number of nitrogen functional groups attached to an aromatic ring is 1. The first-order chi connectivity index (χ1) is 17.0. The Bertz CT molecular complexity index is 1410. The van der Waals surface area contributed by atoms with Gasteiger partial charge in [-0.05, 0) is 48.2 Å². The van der Waals surface area contributed by atoms with Crippen LogP contribution >= 0.6 is 11.6 Å². The molecule has 0 radical (unpaired) electrons. The van der Waals surface area contributed by atoms with Gasteiger partial charge in [0.15, 0.2) is 0 Å². The lowest BCUT2D eigenvalue weighted by molar-refractivity contribution is -0.113. The van der Waals surface area contributed by atoms with Gasteiger partial charge in [0, 0.05) is 37.0 Å². The Labute approximate surface area is 207 Å². The van der Waals surface area contributed by atoms with Gasteiger partial charge in [0.1, 0.15) is 23.7 Å². The minimum absolute atomic E-state index is 0.0598. The third kappa shape index (κ3) is 4.21. The number of alkyl halides is 1. The number of nitrogens with two attached hydrogens (primary N) is 1. The van der Waals surface area contributed by atoms with E-state index < -0.39 is 0 Å². The number of carbonyl (C=O) groups excluding carboxylic acids is 2. The molecule has 2 amide bonds. The van der Waals surface area contributed by atoms with Gasteiger partial charge in [0.25, 0.3) is 5.91 Å². The second kappa shape index (κ2) is 9.38. The molecule has 3 heterocycles. The van der Waals surface area contributed by atoms with Crippen molar-refractivity contribution >= 4 is 46.0 Å². The monoisotopic (exact) mass is 488 g/mol. The Balaban J connectivity index is 1.60. The van der Waals surface area contributed by atoms with E-state index in [1.807, 2.05) is 65.0 Å². The Kier molecular flexibility index (Phi) is 6.13. The summed E-state index contributed by atoms with van der Waals surface area (Å²) in [5.74, 6) is 0.0690. The number of aromatic nitrogens is 3. The number of amides is 2. The summed E-state index contributed by atoms with van der Waals surface area (Å²) in [4.78, 5) is 35.1. The van der Waals surface area contributed by atoms with Gasteiger partial charge < -0.3 is 20.5 Å². The highest BCUT2D eigenvalue weighted by atomic mass is 35.5. The minimum atomic E-state index is -0.267. The number of hydrogen-bond acceptors (Lipinski definition) is 5. The molecule has 2 aromatic heterocycles. The van der Waals surface area contributed by atoms with Crippen molar-refractivity contribution in [1.82, 2.24) is 19.4 Å². The third-order valence-electron chi connectivity index (χ3n) is 6.37. The van der Waals surface area contributed by atoms with E-state index in [1.165, 1.54) is 6.33 Å². The number of anilines is 2. The summed E-state index contributed by atoms with van der Waals surface area (Å²) >= 11 is 5.60. The van der Waals surface area contributed by atoms with Crippen LogP contribution in [0.5, 0.6) is 0 Å². The van der Waals surface area contributed by atoms with Crippen molar-refractivity contribution in [3.8, 4) is 22.4 Å². The molecule has 1 aliphatic rings. The molecule has 0 saturated carbocycles. The van der Waals surface area contributed by atoms with Crippen molar-refractivity contribution in [3.63, 3.8) is 0 Å². The molecule has 9 heteroatoms. The fourth-order valence-corrected chi connectivity index (χ4v) is 4.75. The Morgan fingerprint density at radius 2 is 1.66 bits per heavy atom. The molecule has 8 nitrogen and oxygen atoms in total.